The molecular formula is C18H22N2OS. The zero-order valence-corrected chi connectivity index (χ0v) is 14.3. The summed E-state index contributed by atoms with van der Waals surface area (Å²) in [4.78, 5) is 2.01. The van der Waals surface area contributed by atoms with Gasteiger partial charge in [0.05, 0.1) is 7.11 Å². The van der Waals surface area contributed by atoms with Crippen molar-refractivity contribution in [2.45, 2.75) is 20.4 Å². The van der Waals surface area contributed by atoms with Crippen molar-refractivity contribution in [2.75, 3.05) is 19.5 Å². The van der Waals surface area contributed by atoms with E-state index in [-0.39, 0.29) is 0 Å². The van der Waals surface area contributed by atoms with Crippen molar-refractivity contribution in [3.63, 3.8) is 0 Å². The molecule has 0 aliphatic heterocycles. The van der Waals surface area contributed by atoms with Crippen molar-refractivity contribution >= 4 is 23.0 Å². The lowest BCUT2D eigenvalue weighted by Gasteiger charge is -2.23. The highest BCUT2D eigenvalue weighted by Crippen LogP contribution is 2.20. The summed E-state index contributed by atoms with van der Waals surface area (Å²) in [7, 11) is 3.67. The van der Waals surface area contributed by atoms with Gasteiger partial charge in [0.15, 0.2) is 5.11 Å². The van der Waals surface area contributed by atoms with E-state index in [9.17, 15) is 0 Å². The second-order valence-corrected chi connectivity index (χ2v) is 5.80. The van der Waals surface area contributed by atoms with Gasteiger partial charge in [0.1, 0.15) is 5.75 Å². The SMILES string of the molecule is COc1ccccc1CN(C)C(=S)Nc1cc(C)ccc1C. The van der Waals surface area contributed by atoms with Gasteiger partial charge in [-0.1, -0.05) is 30.3 Å². The number of methoxy groups -OCH3 is 1. The summed E-state index contributed by atoms with van der Waals surface area (Å²) in [6.07, 6.45) is 0. The Hall–Kier alpha value is -2.07. The normalized spacial score (nSPS) is 10.2. The number of thiocarbonyl (C=S) groups is 1. The summed E-state index contributed by atoms with van der Waals surface area (Å²) >= 11 is 5.51. The molecule has 0 amide bonds. The maximum atomic E-state index is 5.51. The summed E-state index contributed by atoms with van der Waals surface area (Å²) in [6, 6.07) is 14.3. The highest BCUT2D eigenvalue weighted by atomic mass is 32.1. The Morgan fingerprint density at radius 1 is 1.18 bits per heavy atom. The maximum absolute atomic E-state index is 5.51. The van der Waals surface area contributed by atoms with Crippen molar-refractivity contribution in [1.82, 2.24) is 4.90 Å². The van der Waals surface area contributed by atoms with Crippen LogP contribution < -0.4 is 10.1 Å². The molecule has 4 heteroatoms. The number of ether oxygens (including phenoxy) is 1. The molecule has 0 bridgehead atoms. The molecule has 2 aromatic carbocycles. The predicted molar refractivity (Wildman–Crippen MR) is 96.6 cm³/mol. The molecule has 1 N–H and O–H groups in total. The number of nitrogens with zero attached hydrogens (tertiary/aromatic N) is 1. The Morgan fingerprint density at radius 2 is 1.91 bits per heavy atom. The lowest BCUT2D eigenvalue weighted by atomic mass is 10.1. The van der Waals surface area contributed by atoms with Crippen LogP contribution in [0.4, 0.5) is 5.69 Å². The van der Waals surface area contributed by atoms with Gasteiger partial charge < -0.3 is 15.0 Å². The zero-order chi connectivity index (χ0) is 16.1. The Morgan fingerprint density at radius 3 is 2.64 bits per heavy atom. The van der Waals surface area contributed by atoms with E-state index in [1.807, 2.05) is 30.1 Å². The number of nitrogens with one attached hydrogen (secondary N) is 1. The minimum atomic E-state index is 0.694. The lowest BCUT2D eigenvalue weighted by Crippen LogP contribution is -2.31. The van der Waals surface area contributed by atoms with E-state index in [1.54, 1.807) is 7.11 Å². The second-order valence-electron chi connectivity index (χ2n) is 5.42. The van der Waals surface area contributed by atoms with Gasteiger partial charge in [-0.2, -0.15) is 0 Å². The first-order chi connectivity index (χ1) is 10.5. The van der Waals surface area contributed by atoms with Crippen molar-refractivity contribution in [2.24, 2.45) is 0 Å². The van der Waals surface area contributed by atoms with Gasteiger partial charge in [-0.15, -0.1) is 0 Å². The van der Waals surface area contributed by atoms with Crippen molar-refractivity contribution in [1.29, 1.82) is 0 Å². The highest BCUT2D eigenvalue weighted by molar-refractivity contribution is 7.80. The van der Waals surface area contributed by atoms with Gasteiger partial charge in [0.2, 0.25) is 0 Å². The van der Waals surface area contributed by atoms with E-state index in [4.69, 9.17) is 17.0 Å². The topological polar surface area (TPSA) is 24.5 Å². The van der Waals surface area contributed by atoms with Crippen LogP contribution in [-0.2, 0) is 6.54 Å². The first-order valence-electron chi connectivity index (χ1n) is 7.22. The molecular weight excluding hydrogens is 292 g/mol. The fourth-order valence-electron chi connectivity index (χ4n) is 2.24. The molecule has 22 heavy (non-hydrogen) atoms. The van der Waals surface area contributed by atoms with E-state index in [2.05, 4.69) is 43.4 Å². The van der Waals surface area contributed by atoms with Crippen molar-refractivity contribution < 1.29 is 4.74 Å². The van der Waals surface area contributed by atoms with Crippen LogP contribution in [0.1, 0.15) is 16.7 Å². The Labute approximate surface area is 137 Å². The predicted octanol–water partition coefficient (Wildman–Crippen LogP) is 4.14. The van der Waals surface area contributed by atoms with Crippen molar-refractivity contribution in [3.8, 4) is 5.75 Å². The largest absolute Gasteiger partial charge is 0.496 e. The average molecular weight is 314 g/mol. The minimum absolute atomic E-state index is 0.694. The standard InChI is InChI=1S/C18H22N2OS/c1-13-9-10-14(2)16(11-13)19-18(22)20(3)12-15-7-5-6-8-17(15)21-4/h5-11H,12H2,1-4H3,(H,19,22). The third-order valence-corrected chi connectivity index (χ3v) is 4.00. The molecule has 2 rings (SSSR count). The highest BCUT2D eigenvalue weighted by Gasteiger charge is 2.10. The fourth-order valence-corrected chi connectivity index (χ4v) is 2.42. The van der Waals surface area contributed by atoms with Gasteiger partial charge in [-0.25, -0.2) is 0 Å². The van der Waals surface area contributed by atoms with Gasteiger partial charge >= 0.3 is 0 Å². The summed E-state index contributed by atoms with van der Waals surface area (Å²) < 4.78 is 5.39. The van der Waals surface area contributed by atoms with Gasteiger partial charge in [0.25, 0.3) is 0 Å². The van der Waals surface area contributed by atoms with E-state index in [1.165, 1.54) is 11.1 Å². The van der Waals surface area contributed by atoms with E-state index < -0.39 is 0 Å². The number of para-hydroxylation sites is 1. The van der Waals surface area contributed by atoms with Crippen LogP contribution in [0.15, 0.2) is 42.5 Å². The van der Waals surface area contributed by atoms with E-state index >= 15 is 0 Å². The zero-order valence-electron chi connectivity index (χ0n) is 13.5. The molecule has 0 heterocycles. The smallest absolute Gasteiger partial charge is 0.173 e. The molecule has 2 aromatic rings. The molecule has 0 unspecified atom stereocenters. The number of hydrogen-bond donors (Lipinski definition) is 1. The first-order valence-corrected chi connectivity index (χ1v) is 7.63. The first kappa shape index (κ1) is 16.3. The molecule has 0 aliphatic carbocycles. The summed E-state index contributed by atoms with van der Waals surface area (Å²) in [5, 5.41) is 4.02. The number of hydrogen-bond acceptors (Lipinski definition) is 2. The number of aryl methyl sites for hydroxylation is 2. The fraction of sp³-hybridized carbons (Fsp3) is 0.278. The Kier molecular flexibility index (Phi) is 5.39. The molecule has 0 atom stereocenters. The molecule has 0 spiro atoms. The molecule has 116 valence electrons. The Balaban J connectivity index is 2.07. The van der Waals surface area contributed by atoms with Crippen LogP contribution in [0.3, 0.4) is 0 Å². The number of rotatable bonds is 4. The van der Waals surface area contributed by atoms with Crippen LogP contribution in [0.2, 0.25) is 0 Å². The molecule has 0 saturated carbocycles. The van der Waals surface area contributed by atoms with Crippen LogP contribution in [0.25, 0.3) is 0 Å². The number of benzene rings is 2. The van der Waals surface area contributed by atoms with Gasteiger partial charge in [-0.3, -0.25) is 0 Å². The van der Waals surface area contributed by atoms with Gasteiger partial charge in [-0.05, 0) is 49.3 Å². The molecule has 0 fully saturated rings. The average Bonchev–Trinajstić information content (AvgIpc) is 2.51. The molecule has 0 aliphatic rings. The molecule has 3 nitrogen and oxygen atoms in total. The maximum Gasteiger partial charge on any atom is 0.173 e. The molecule has 0 saturated heterocycles. The van der Waals surface area contributed by atoms with E-state index in [0.717, 1.165) is 17.0 Å². The Bertz CT molecular complexity index is 670. The quantitative estimate of drug-likeness (QED) is 0.857. The summed E-state index contributed by atoms with van der Waals surface area (Å²) in [6.45, 7) is 4.84. The number of anilines is 1. The molecule has 0 aromatic heterocycles. The minimum Gasteiger partial charge on any atom is -0.496 e. The lowest BCUT2D eigenvalue weighted by molar-refractivity contribution is 0.399. The van der Waals surface area contributed by atoms with Crippen LogP contribution in [0.5, 0.6) is 5.75 Å². The third-order valence-electron chi connectivity index (χ3n) is 3.58. The third kappa shape index (κ3) is 3.98. The summed E-state index contributed by atoms with van der Waals surface area (Å²) in [5.41, 5.74) is 4.55. The van der Waals surface area contributed by atoms with Crippen LogP contribution >= 0.6 is 12.2 Å². The van der Waals surface area contributed by atoms with Gasteiger partial charge in [0, 0.05) is 24.8 Å². The molecule has 0 radical (unpaired) electrons. The van der Waals surface area contributed by atoms with E-state index in [0.29, 0.717) is 11.7 Å². The summed E-state index contributed by atoms with van der Waals surface area (Å²) in [5.74, 6) is 0.879. The monoisotopic (exact) mass is 314 g/mol. The van der Waals surface area contributed by atoms with Crippen LogP contribution in [-0.4, -0.2) is 24.2 Å². The van der Waals surface area contributed by atoms with Crippen LogP contribution in [0, 0.1) is 13.8 Å². The second kappa shape index (κ2) is 7.27. The van der Waals surface area contributed by atoms with Crippen molar-refractivity contribution in [3.05, 3.63) is 59.2 Å².